The molecule has 28 heavy (non-hydrogen) atoms. The molecule has 2 aromatic carbocycles. The van der Waals surface area contributed by atoms with Crippen molar-refractivity contribution < 1.29 is 4.39 Å². The van der Waals surface area contributed by atoms with Crippen LogP contribution in [0, 0.1) is 26.6 Å². The number of aryl methyl sites for hydroxylation is 3. The average molecular weight is 413 g/mol. The van der Waals surface area contributed by atoms with Crippen LogP contribution in [0.2, 0.25) is 5.02 Å². The second-order valence-electron chi connectivity index (χ2n) is 6.86. The first-order valence-corrected chi connectivity index (χ1v) is 10.1. The molecule has 0 unspecified atom stereocenters. The number of rotatable bonds is 3. The SMILES string of the molecule is Cc1cc(-c2c(C)sc3nc(C)n(Cc4cccc(F)c4)c(=O)c23)ccc1Cl. The van der Waals surface area contributed by atoms with E-state index in [4.69, 9.17) is 11.6 Å². The van der Waals surface area contributed by atoms with Crippen molar-refractivity contribution in [1.82, 2.24) is 9.55 Å². The van der Waals surface area contributed by atoms with Crippen molar-refractivity contribution in [2.75, 3.05) is 0 Å². The second kappa shape index (κ2) is 7.15. The van der Waals surface area contributed by atoms with Crippen LogP contribution < -0.4 is 5.56 Å². The fourth-order valence-corrected chi connectivity index (χ4v) is 4.65. The van der Waals surface area contributed by atoms with Crippen molar-refractivity contribution in [2.45, 2.75) is 27.3 Å². The van der Waals surface area contributed by atoms with Gasteiger partial charge in [0.25, 0.3) is 5.56 Å². The van der Waals surface area contributed by atoms with Crippen LogP contribution in [0.1, 0.15) is 21.8 Å². The van der Waals surface area contributed by atoms with E-state index in [9.17, 15) is 9.18 Å². The van der Waals surface area contributed by atoms with Crippen LogP contribution in [0.5, 0.6) is 0 Å². The summed E-state index contributed by atoms with van der Waals surface area (Å²) in [6.45, 7) is 6.03. The molecule has 0 aliphatic rings. The van der Waals surface area contributed by atoms with Gasteiger partial charge in [0.1, 0.15) is 16.5 Å². The molecule has 0 fully saturated rings. The van der Waals surface area contributed by atoms with Gasteiger partial charge < -0.3 is 0 Å². The summed E-state index contributed by atoms with van der Waals surface area (Å²) in [7, 11) is 0. The van der Waals surface area contributed by atoms with Crippen LogP contribution in [-0.4, -0.2) is 9.55 Å². The number of benzene rings is 2. The van der Waals surface area contributed by atoms with Crippen molar-refractivity contribution in [2.24, 2.45) is 0 Å². The molecule has 0 N–H and O–H groups in total. The zero-order chi connectivity index (χ0) is 20.0. The van der Waals surface area contributed by atoms with E-state index < -0.39 is 0 Å². The molecule has 0 atom stereocenters. The predicted octanol–water partition coefficient (Wildman–Crippen LogP) is 5.89. The molecule has 142 valence electrons. The third-order valence-corrected chi connectivity index (χ3v) is 6.28. The van der Waals surface area contributed by atoms with Crippen molar-refractivity contribution in [3.05, 3.63) is 85.5 Å². The van der Waals surface area contributed by atoms with Crippen LogP contribution in [0.3, 0.4) is 0 Å². The highest BCUT2D eigenvalue weighted by atomic mass is 35.5. The highest BCUT2D eigenvalue weighted by molar-refractivity contribution is 7.19. The molecule has 0 amide bonds. The molecule has 0 spiro atoms. The van der Waals surface area contributed by atoms with E-state index in [0.717, 1.165) is 32.0 Å². The van der Waals surface area contributed by atoms with E-state index in [0.29, 0.717) is 16.2 Å². The van der Waals surface area contributed by atoms with Gasteiger partial charge in [-0.15, -0.1) is 11.3 Å². The third kappa shape index (κ3) is 3.25. The first-order chi connectivity index (χ1) is 13.3. The fraction of sp³-hybridized carbons (Fsp3) is 0.182. The Morgan fingerprint density at radius 3 is 2.64 bits per heavy atom. The second-order valence-corrected chi connectivity index (χ2v) is 8.47. The average Bonchev–Trinajstić information content (AvgIpc) is 2.97. The Balaban J connectivity index is 1.94. The molecule has 4 aromatic rings. The molecule has 0 saturated carbocycles. The first kappa shape index (κ1) is 18.8. The van der Waals surface area contributed by atoms with E-state index >= 15 is 0 Å². The van der Waals surface area contributed by atoms with Gasteiger partial charge in [-0.25, -0.2) is 9.37 Å². The predicted molar refractivity (Wildman–Crippen MR) is 114 cm³/mol. The number of hydrogen-bond acceptors (Lipinski definition) is 3. The molecule has 0 aliphatic carbocycles. The van der Waals surface area contributed by atoms with Crippen molar-refractivity contribution in [1.29, 1.82) is 0 Å². The number of hydrogen-bond donors (Lipinski definition) is 0. The number of halogens is 2. The maximum Gasteiger partial charge on any atom is 0.263 e. The summed E-state index contributed by atoms with van der Waals surface area (Å²) in [5.41, 5.74) is 3.41. The summed E-state index contributed by atoms with van der Waals surface area (Å²) in [5.74, 6) is 0.294. The minimum absolute atomic E-state index is 0.112. The molecule has 0 aliphatic heterocycles. The van der Waals surface area contributed by atoms with Gasteiger partial charge in [-0.1, -0.05) is 29.8 Å². The number of fused-ring (bicyclic) bond motifs is 1. The van der Waals surface area contributed by atoms with Crippen LogP contribution >= 0.6 is 22.9 Å². The lowest BCUT2D eigenvalue weighted by atomic mass is 10.0. The summed E-state index contributed by atoms with van der Waals surface area (Å²) in [5, 5.41) is 1.30. The molecule has 2 heterocycles. The number of aromatic nitrogens is 2. The van der Waals surface area contributed by atoms with Gasteiger partial charge in [-0.3, -0.25) is 9.36 Å². The Bertz CT molecular complexity index is 1280. The number of thiophene rings is 1. The monoisotopic (exact) mass is 412 g/mol. The van der Waals surface area contributed by atoms with E-state index in [-0.39, 0.29) is 17.9 Å². The molecule has 0 bridgehead atoms. The van der Waals surface area contributed by atoms with Crippen molar-refractivity contribution in [3.8, 4) is 11.1 Å². The van der Waals surface area contributed by atoms with E-state index in [1.54, 1.807) is 17.6 Å². The summed E-state index contributed by atoms with van der Waals surface area (Å²) in [4.78, 5) is 19.8. The minimum atomic E-state index is -0.319. The van der Waals surface area contributed by atoms with Gasteiger partial charge in [-0.2, -0.15) is 0 Å². The molecule has 2 aromatic heterocycles. The maximum absolute atomic E-state index is 13.6. The Morgan fingerprint density at radius 2 is 1.93 bits per heavy atom. The molecule has 4 rings (SSSR count). The maximum atomic E-state index is 13.6. The Morgan fingerprint density at radius 1 is 1.14 bits per heavy atom. The largest absolute Gasteiger partial charge is 0.292 e. The quantitative estimate of drug-likeness (QED) is 0.420. The Kier molecular flexibility index (Phi) is 4.81. The lowest BCUT2D eigenvalue weighted by Gasteiger charge is -2.11. The van der Waals surface area contributed by atoms with Crippen LogP contribution in [-0.2, 0) is 6.54 Å². The van der Waals surface area contributed by atoms with Crippen LogP contribution in [0.15, 0.2) is 47.3 Å². The zero-order valence-corrected chi connectivity index (χ0v) is 17.3. The highest BCUT2D eigenvalue weighted by Crippen LogP contribution is 2.37. The summed E-state index contributed by atoms with van der Waals surface area (Å²) >= 11 is 7.69. The van der Waals surface area contributed by atoms with Gasteiger partial charge in [-0.05, 0) is 61.7 Å². The molecule has 0 saturated heterocycles. The molecule has 0 radical (unpaired) electrons. The van der Waals surface area contributed by atoms with E-state index in [1.165, 1.54) is 23.5 Å². The van der Waals surface area contributed by atoms with Crippen LogP contribution in [0.25, 0.3) is 21.3 Å². The fourth-order valence-electron chi connectivity index (χ4n) is 3.45. The standard InChI is InChI=1S/C22H18ClFN2OS/c1-12-9-16(7-8-18(12)23)19-13(2)28-21-20(19)22(27)26(14(3)25-21)11-15-5-4-6-17(24)10-15/h4-10H,11H2,1-3H3. The van der Waals surface area contributed by atoms with E-state index in [2.05, 4.69) is 4.98 Å². The topological polar surface area (TPSA) is 34.9 Å². The lowest BCUT2D eigenvalue weighted by Crippen LogP contribution is -2.24. The summed E-state index contributed by atoms with van der Waals surface area (Å²) < 4.78 is 15.2. The molecular formula is C22H18ClFN2OS. The van der Waals surface area contributed by atoms with Crippen LogP contribution in [0.4, 0.5) is 4.39 Å². The zero-order valence-electron chi connectivity index (χ0n) is 15.7. The number of nitrogens with zero attached hydrogens (tertiary/aromatic N) is 2. The van der Waals surface area contributed by atoms with Crippen molar-refractivity contribution >= 4 is 33.2 Å². The highest BCUT2D eigenvalue weighted by Gasteiger charge is 2.19. The third-order valence-electron chi connectivity index (χ3n) is 4.86. The van der Waals surface area contributed by atoms with Gasteiger partial charge in [0, 0.05) is 15.5 Å². The molecule has 6 heteroatoms. The Labute approximate surface area is 171 Å². The smallest absolute Gasteiger partial charge is 0.263 e. The minimum Gasteiger partial charge on any atom is -0.292 e. The molecule has 3 nitrogen and oxygen atoms in total. The lowest BCUT2D eigenvalue weighted by molar-refractivity contribution is 0.621. The first-order valence-electron chi connectivity index (χ1n) is 8.86. The van der Waals surface area contributed by atoms with Crippen molar-refractivity contribution in [3.63, 3.8) is 0 Å². The summed E-state index contributed by atoms with van der Waals surface area (Å²) in [6.07, 6.45) is 0. The summed E-state index contributed by atoms with van der Waals surface area (Å²) in [6, 6.07) is 12.1. The van der Waals surface area contributed by atoms with Gasteiger partial charge in [0.15, 0.2) is 0 Å². The van der Waals surface area contributed by atoms with Gasteiger partial charge >= 0.3 is 0 Å². The Hall–Kier alpha value is -2.50. The van der Waals surface area contributed by atoms with Gasteiger partial charge in [0.05, 0.1) is 11.9 Å². The normalized spacial score (nSPS) is 11.3. The molecular weight excluding hydrogens is 395 g/mol. The van der Waals surface area contributed by atoms with Gasteiger partial charge in [0.2, 0.25) is 0 Å². The van der Waals surface area contributed by atoms with E-state index in [1.807, 2.05) is 38.1 Å².